The van der Waals surface area contributed by atoms with Crippen LogP contribution in [0.1, 0.15) is 29.0 Å². The van der Waals surface area contributed by atoms with Crippen LogP contribution in [0.3, 0.4) is 0 Å². The number of hydrogen-bond donors (Lipinski definition) is 0. The number of likely N-dealkylation sites (tertiary alicyclic amines) is 1. The van der Waals surface area contributed by atoms with Gasteiger partial charge in [-0.1, -0.05) is 60.2 Å². The van der Waals surface area contributed by atoms with Crippen molar-refractivity contribution in [1.82, 2.24) is 4.90 Å². The lowest BCUT2D eigenvalue weighted by molar-refractivity contribution is -0.139. The van der Waals surface area contributed by atoms with Gasteiger partial charge in [0.1, 0.15) is 0 Å². The zero-order valence-electron chi connectivity index (χ0n) is 12.0. The first-order valence-electron chi connectivity index (χ1n) is 7.10. The maximum Gasteiger partial charge on any atom is 0.237 e. The van der Waals surface area contributed by atoms with E-state index >= 15 is 0 Å². The number of carbonyl (C=O) groups is 2. The van der Waals surface area contributed by atoms with Crippen molar-refractivity contribution in [3.8, 4) is 0 Å². The zero-order valence-corrected chi connectivity index (χ0v) is 12.0. The lowest BCUT2D eigenvalue weighted by atomic mass is 9.97. The van der Waals surface area contributed by atoms with Crippen molar-refractivity contribution in [2.75, 3.05) is 0 Å². The van der Waals surface area contributed by atoms with E-state index in [1.807, 2.05) is 61.5 Å². The molecule has 1 fully saturated rings. The van der Waals surface area contributed by atoms with Crippen LogP contribution < -0.4 is 0 Å². The van der Waals surface area contributed by atoms with Crippen LogP contribution >= 0.6 is 0 Å². The van der Waals surface area contributed by atoms with Gasteiger partial charge in [-0.2, -0.15) is 0 Å². The van der Waals surface area contributed by atoms with E-state index in [9.17, 15) is 9.59 Å². The molecular formula is C18H17NO2. The van der Waals surface area contributed by atoms with Crippen molar-refractivity contribution in [2.24, 2.45) is 0 Å². The number of nitrogens with zero attached hydrogens (tertiary/aromatic N) is 1. The second kappa shape index (κ2) is 5.52. The Morgan fingerprint density at radius 1 is 1.00 bits per heavy atom. The normalized spacial score (nSPS) is 18.3. The van der Waals surface area contributed by atoms with Crippen molar-refractivity contribution in [3.05, 3.63) is 71.3 Å². The summed E-state index contributed by atoms with van der Waals surface area (Å²) in [5.41, 5.74) is 3.05. The molecule has 0 radical (unpaired) electrons. The van der Waals surface area contributed by atoms with Crippen LogP contribution in [0.25, 0.3) is 0 Å². The average molecular weight is 279 g/mol. The molecule has 2 aromatic rings. The van der Waals surface area contributed by atoms with Gasteiger partial charge in [-0.3, -0.25) is 14.5 Å². The van der Waals surface area contributed by atoms with Gasteiger partial charge in [0.05, 0.1) is 12.5 Å². The minimum atomic E-state index is -0.332. The molecule has 1 saturated heterocycles. The molecule has 2 amide bonds. The summed E-state index contributed by atoms with van der Waals surface area (Å²) < 4.78 is 0. The van der Waals surface area contributed by atoms with Crippen LogP contribution in [0.15, 0.2) is 54.6 Å². The minimum absolute atomic E-state index is 0.0885. The Morgan fingerprint density at radius 2 is 1.67 bits per heavy atom. The SMILES string of the molecule is Cc1ccc([C@H]2CC(=O)N(Cc3ccccc3)C2=O)cc1. The fourth-order valence-corrected chi connectivity index (χ4v) is 2.67. The smallest absolute Gasteiger partial charge is 0.237 e. The van der Waals surface area contributed by atoms with Crippen LogP contribution in [0.2, 0.25) is 0 Å². The summed E-state index contributed by atoms with van der Waals surface area (Å²) in [6.07, 6.45) is 0.273. The Kier molecular flexibility index (Phi) is 3.57. The standard InChI is InChI=1S/C18H17NO2/c1-13-7-9-15(10-8-13)16-11-17(20)19(18(16)21)12-14-5-3-2-4-6-14/h2-10,16H,11-12H2,1H3/t16-/m1/s1. The summed E-state index contributed by atoms with van der Waals surface area (Å²) in [6.45, 7) is 2.37. The Bertz CT molecular complexity index is 661. The molecule has 0 N–H and O–H groups in total. The van der Waals surface area contributed by atoms with Crippen LogP contribution in [0, 0.1) is 6.92 Å². The molecule has 0 saturated carbocycles. The molecule has 21 heavy (non-hydrogen) atoms. The number of benzene rings is 2. The van der Waals surface area contributed by atoms with Crippen molar-refractivity contribution < 1.29 is 9.59 Å². The molecule has 1 aliphatic rings. The number of hydrogen-bond acceptors (Lipinski definition) is 2. The van der Waals surface area contributed by atoms with Crippen molar-refractivity contribution in [2.45, 2.75) is 25.8 Å². The summed E-state index contributed by atoms with van der Waals surface area (Å²) in [4.78, 5) is 26.0. The topological polar surface area (TPSA) is 37.4 Å². The lowest BCUT2D eigenvalue weighted by Crippen LogP contribution is -2.29. The van der Waals surface area contributed by atoms with Gasteiger partial charge < -0.3 is 0 Å². The van der Waals surface area contributed by atoms with Crippen molar-refractivity contribution >= 4 is 11.8 Å². The predicted octanol–water partition coefficient (Wildman–Crippen LogP) is 3.04. The van der Waals surface area contributed by atoms with E-state index < -0.39 is 0 Å². The van der Waals surface area contributed by atoms with E-state index in [1.165, 1.54) is 4.90 Å². The first-order valence-corrected chi connectivity index (χ1v) is 7.10. The van der Waals surface area contributed by atoms with Crippen LogP contribution in [-0.4, -0.2) is 16.7 Å². The van der Waals surface area contributed by atoms with Gasteiger partial charge in [0, 0.05) is 6.42 Å². The molecule has 3 nitrogen and oxygen atoms in total. The van der Waals surface area contributed by atoms with Gasteiger partial charge >= 0.3 is 0 Å². The molecule has 0 unspecified atom stereocenters. The van der Waals surface area contributed by atoms with E-state index in [1.54, 1.807) is 0 Å². The predicted molar refractivity (Wildman–Crippen MR) is 80.5 cm³/mol. The third-order valence-electron chi connectivity index (χ3n) is 3.91. The summed E-state index contributed by atoms with van der Waals surface area (Å²) in [6, 6.07) is 17.5. The molecule has 0 bridgehead atoms. The Balaban J connectivity index is 1.80. The number of imide groups is 1. The molecule has 0 aliphatic carbocycles. The van der Waals surface area contributed by atoms with Gasteiger partial charge in [-0.15, -0.1) is 0 Å². The Morgan fingerprint density at radius 3 is 2.33 bits per heavy atom. The highest BCUT2D eigenvalue weighted by atomic mass is 16.2. The number of aryl methyl sites for hydroxylation is 1. The maximum atomic E-state index is 12.5. The third kappa shape index (κ3) is 2.72. The van der Waals surface area contributed by atoms with Gasteiger partial charge in [0.25, 0.3) is 0 Å². The molecule has 3 heteroatoms. The first kappa shape index (κ1) is 13.6. The van der Waals surface area contributed by atoms with E-state index in [-0.39, 0.29) is 24.2 Å². The zero-order chi connectivity index (χ0) is 14.8. The fraction of sp³-hybridized carbons (Fsp3) is 0.222. The van der Waals surface area contributed by atoms with E-state index in [2.05, 4.69) is 0 Å². The summed E-state index contributed by atoms with van der Waals surface area (Å²) in [7, 11) is 0. The Hall–Kier alpha value is -2.42. The fourth-order valence-electron chi connectivity index (χ4n) is 2.67. The molecule has 106 valence electrons. The van der Waals surface area contributed by atoms with Gasteiger partial charge in [0.2, 0.25) is 11.8 Å². The third-order valence-corrected chi connectivity index (χ3v) is 3.91. The highest BCUT2D eigenvalue weighted by Crippen LogP contribution is 2.30. The number of carbonyl (C=O) groups excluding carboxylic acids is 2. The van der Waals surface area contributed by atoms with Crippen LogP contribution in [0.4, 0.5) is 0 Å². The summed E-state index contributed by atoms with van der Waals surface area (Å²) >= 11 is 0. The van der Waals surface area contributed by atoms with Crippen LogP contribution in [0.5, 0.6) is 0 Å². The molecular weight excluding hydrogens is 262 g/mol. The molecule has 1 heterocycles. The number of rotatable bonds is 3. The summed E-state index contributed by atoms with van der Waals surface area (Å²) in [5.74, 6) is -0.510. The highest BCUT2D eigenvalue weighted by molar-refractivity contribution is 6.06. The van der Waals surface area contributed by atoms with E-state index in [4.69, 9.17) is 0 Å². The molecule has 0 aromatic heterocycles. The maximum absolute atomic E-state index is 12.5. The van der Waals surface area contributed by atoms with E-state index in [0.29, 0.717) is 6.54 Å². The second-order valence-corrected chi connectivity index (χ2v) is 5.47. The molecule has 1 aliphatic heterocycles. The van der Waals surface area contributed by atoms with Gasteiger partial charge in [-0.05, 0) is 18.1 Å². The molecule has 0 spiro atoms. The number of amides is 2. The quantitative estimate of drug-likeness (QED) is 0.810. The molecule has 3 rings (SSSR count). The summed E-state index contributed by atoms with van der Waals surface area (Å²) in [5, 5.41) is 0. The van der Waals surface area contributed by atoms with Gasteiger partial charge in [0.15, 0.2) is 0 Å². The second-order valence-electron chi connectivity index (χ2n) is 5.47. The van der Waals surface area contributed by atoms with E-state index in [0.717, 1.165) is 16.7 Å². The highest BCUT2D eigenvalue weighted by Gasteiger charge is 2.39. The molecule has 2 aromatic carbocycles. The van der Waals surface area contributed by atoms with Gasteiger partial charge in [-0.25, -0.2) is 0 Å². The lowest BCUT2D eigenvalue weighted by Gasteiger charge is -2.15. The Labute approximate surface area is 124 Å². The minimum Gasteiger partial charge on any atom is -0.278 e. The largest absolute Gasteiger partial charge is 0.278 e. The monoisotopic (exact) mass is 279 g/mol. The van der Waals surface area contributed by atoms with Crippen molar-refractivity contribution in [1.29, 1.82) is 0 Å². The average Bonchev–Trinajstić information content (AvgIpc) is 2.77. The van der Waals surface area contributed by atoms with Crippen molar-refractivity contribution in [3.63, 3.8) is 0 Å². The van der Waals surface area contributed by atoms with Crippen LogP contribution in [-0.2, 0) is 16.1 Å². The first-order chi connectivity index (χ1) is 10.1. The molecule has 1 atom stereocenters.